The highest BCUT2D eigenvalue weighted by molar-refractivity contribution is 7.99. The summed E-state index contributed by atoms with van der Waals surface area (Å²) in [5.74, 6) is 1.49. The van der Waals surface area contributed by atoms with Crippen LogP contribution in [0.3, 0.4) is 0 Å². The van der Waals surface area contributed by atoms with Gasteiger partial charge in [-0.2, -0.15) is 11.8 Å². The summed E-state index contributed by atoms with van der Waals surface area (Å²) in [5, 5.41) is 9.26. The summed E-state index contributed by atoms with van der Waals surface area (Å²) in [6.45, 7) is 2.35. The van der Waals surface area contributed by atoms with Gasteiger partial charge in [0, 0.05) is 11.5 Å². The molecule has 0 unspecified atom stereocenters. The lowest BCUT2D eigenvalue weighted by Gasteiger charge is -2.29. The molecule has 1 N–H and O–H groups in total. The van der Waals surface area contributed by atoms with Crippen LogP contribution in [0.2, 0.25) is 0 Å². The van der Waals surface area contributed by atoms with Crippen molar-refractivity contribution in [3.63, 3.8) is 0 Å². The Morgan fingerprint density at radius 2 is 2.42 bits per heavy atom. The predicted molar refractivity (Wildman–Crippen MR) is 45.9 cm³/mol. The lowest BCUT2D eigenvalue weighted by molar-refractivity contribution is -0.145. The van der Waals surface area contributed by atoms with Gasteiger partial charge in [0.05, 0.1) is 17.4 Å². The molecule has 2 fully saturated rings. The van der Waals surface area contributed by atoms with E-state index in [-0.39, 0.29) is 18.0 Å². The predicted octanol–water partition coefficient (Wildman–Crippen LogP) is 0.275. The molecular formula is C8H12O3S. The number of ether oxygens (including phenoxy) is 1. The van der Waals surface area contributed by atoms with E-state index in [1.165, 1.54) is 0 Å². The molecule has 0 aromatic rings. The molecule has 0 bridgehead atoms. The second-order valence-corrected chi connectivity index (χ2v) is 4.83. The molecule has 0 aromatic carbocycles. The monoisotopic (exact) mass is 188 g/mol. The molecule has 2 atom stereocenters. The summed E-state index contributed by atoms with van der Waals surface area (Å²) in [4.78, 5) is 11.4. The first-order valence-electron chi connectivity index (χ1n) is 4.00. The molecule has 3 nitrogen and oxygen atoms in total. The van der Waals surface area contributed by atoms with Crippen LogP contribution in [0.15, 0.2) is 0 Å². The highest BCUT2D eigenvalue weighted by atomic mass is 32.2. The standard InChI is InChI=1S/C8H12O3S/c1-7-4-12-5-8(7,2-9)3-11-6(7)10/h9H,2-5H2,1H3/t7-,8-/m0/s1. The minimum absolute atomic E-state index is 0.0578. The van der Waals surface area contributed by atoms with Gasteiger partial charge in [-0.05, 0) is 6.92 Å². The minimum atomic E-state index is -0.438. The normalized spacial score (nSPS) is 46.0. The highest BCUT2D eigenvalue weighted by Gasteiger charge is 2.62. The minimum Gasteiger partial charge on any atom is -0.464 e. The van der Waals surface area contributed by atoms with Crippen LogP contribution in [0, 0.1) is 10.8 Å². The van der Waals surface area contributed by atoms with Crippen molar-refractivity contribution in [3.05, 3.63) is 0 Å². The van der Waals surface area contributed by atoms with E-state index in [1.807, 2.05) is 6.92 Å². The maximum absolute atomic E-state index is 11.4. The van der Waals surface area contributed by atoms with Gasteiger partial charge in [-0.1, -0.05) is 0 Å². The summed E-state index contributed by atoms with van der Waals surface area (Å²) in [5.41, 5.74) is -0.735. The topological polar surface area (TPSA) is 46.5 Å². The summed E-state index contributed by atoms with van der Waals surface area (Å²) < 4.78 is 5.00. The molecule has 12 heavy (non-hydrogen) atoms. The zero-order valence-electron chi connectivity index (χ0n) is 7.00. The Morgan fingerprint density at radius 3 is 3.00 bits per heavy atom. The number of fused-ring (bicyclic) bond motifs is 1. The van der Waals surface area contributed by atoms with Crippen molar-refractivity contribution in [1.29, 1.82) is 0 Å². The quantitative estimate of drug-likeness (QED) is 0.600. The van der Waals surface area contributed by atoms with Crippen molar-refractivity contribution in [2.75, 3.05) is 24.7 Å². The van der Waals surface area contributed by atoms with Gasteiger partial charge in [-0.15, -0.1) is 0 Å². The molecule has 2 aliphatic rings. The molecule has 0 radical (unpaired) electrons. The lowest BCUT2D eigenvalue weighted by Crippen LogP contribution is -2.42. The fraction of sp³-hybridized carbons (Fsp3) is 0.875. The summed E-state index contributed by atoms with van der Waals surface area (Å²) in [6, 6.07) is 0. The lowest BCUT2D eigenvalue weighted by atomic mass is 9.69. The third-order valence-corrected chi connectivity index (χ3v) is 4.71. The number of aliphatic hydroxyl groups excluding tert-OH is 1. The molecule has 0 aromatic heterocycles. The Balaban J connectivity index is 2.39. The van der Waals surface area contributed by atoms with Crippen LogP contribution >= 0.6 is 11.8 Å². The number of thioether (sulfide) groups is 1. The molecule has 2 aliphatic heterocycles. The van der Waals surface area contributed by atoms with Crippen LogP contribution in [0.5, 0.6) is 0 Å². The van der Waals surface area contributed by atoms with Gasteiger partial charge in [0.25, 0.3) is 0 Å². The Bertz CT molecular complexity index is 230. The third kappa shape index (κ3) is 0.746. The van der Waals surface area contributed by atoms with Gasteiger partial charge in [0.1, 0.15) is 6.61 Å². The smallest absolute Gasteiger partial charge is 0.313 e. The zero-order valence-corrected chi connectivity index (χ0v) is 7.82. The molecule has 0 saturated carbocycles. The number of rotatable bonds is 1. The van der Waals surface area contributed by atoms with E-state index >= 15 is 0 Å². The van der Waals surface area contributed by atoms with Gasteiger partial charge >= 0.3 is 5.97 Å². The van der Waals surface area contributed by atoms with Gasteiger partial charge in [0.2, 0.25) is 0 Å². The molecular weight excluding hydrogens is 176 g/mol. The van der Waals surface area contributed by atoms with E-state index in [0.29, 0.717) is 6.61 Å². The molecule has 2 rings (SSSR count). The van der Waals surface area contributed by atoms with Crippen molar-refractivity contribution in [1.82, 2.24) is 0 Å². The van der Waals surface area contributed by atoms with E-state index in [4.69, 9.17) is 4.74 Å². The van der Waals surface area contributed by atoms with E-state index in [0.717, 1.165) is 11.5 Å². The average molecular weight is 188 g/mol. The molecule has 2 saturated heterocycles. The molecule has 0 aliphatic carbocycles. The summed E-state index contributed by atoms with van der Waals surface area (Å²) in [7, 11) is 0. The van der Waals surface area contributed by atoms with Crippen LogP contribution in [-0.4, -0.2) is 35.8 Å². The van der Waals surface area contributed by atoms with Crippen LogP contribution in [0.25, 0.3) is 0 Å². The van der Waals surface area contributed by atoms with Crippen LogP contribution < -0.4 is 0 Å². The highest BCUT2D eigenvalue weighted by Crippen LogP contribution is 2.54. The molecule has 68 valence electrons. The van der Waals surface area contributed by atoms with Crippen molar-refractivity contribution in [3.8, 4) is 0 Å². The SMILES string of the molecule is C[C@@]12CSC[C@]1(CO)COC2=O. The van der Waals surface area contributed by atoms with E-state index in [1.54, 1.807) is 11.8 Å². The molecule has 4 heteroatoms. The van der Waals surface area contributed by atoms with Crippen LogP contribution in [-0.2, 0) is 9.53 Å². The van der Waals surface area contributed by atoms with Crippen LogP contribution in [0.1, 0.15) is 6.92 Å². The first-order valence-corrected chi connectivity index (χ1v) is 5.16. The Labute approximate surface area is 75.5 Å². The number of hydrogen-bond donors (Lipinski definition) is 1. The summed E-state index contributed by atoms with van der Waals surface area (Å²) in [6.07, 6.45) is 0. The first-order chi connectivity index (χ1) is 5.65. The van der Waals surface area contributed by atoms with Crippen molar-refractivity contribution >= 4 is 17.7 Å². The Hall–Kier alpha value is -0.220. The van der Waals surface area contributed by atoms with Crippen molar-refractivity contribution in [2.24, 2.45) is 10.8 Å². The largest absolute Gasteiger partial charge is 0.464 e. The Morgan fingerprint density at radius 1 is 1.67 bits per heavy atom. The van der Waals surface area contributed by atoms with E-state index < -0.39 is 5.41 Å². The number of cyclic esters (lactones) is 1. The second kappa shape index (κ2) is 2.39. The van der Waals surface area contributed by atoms with Crippen molar-refractivity contribution in [2.45, 2.75) is 6.92 Å². The molecule has 2 heterocycles. The Kier molecular flexibility index (Phi) is 1.67. The fourth-order valence-electron chi connectivity index (χ4n) is 1.87. The maximum Gasteiger partial charge on any atom is 0.313 e. The average Bonchev–Trinajstić information content (AvgIpc) is 2.50. The van der Waals surface area contributed by atoms with Gasteiger partial charge < -0.3 is 9.84 Å². The van der Waals surface area contributed by atoms with Gasteiger partial charge in [-0.3, -0.25) is 4.79 Å². The first kappa shape index (κ1) is 8.38. The number of carbonyl (C=O) groups excluding carboxylic acids is 1. The van der Waals surface area contributed by atoms with Gasteiger partial charge in [-0.25, -0.2) is 0 Å². The van der Waals surface area contributed by atoms with Crippen molar-refractivity contribution < 1.29 is 14.6 Å². The van der Waals surface area contributed by atoms with E-state index in [2.05, 4.69) is 0 Å². The number of hydrogen-bond acceptors (Lipinski definition) is 4. The maximum atomic E-state index is 11.4. The molecule has 0 amide bonds. The van der Waals surface area contributed by atoms with Gasteiger partial charge in [0.15, 0.2) is 0 Å². The fourth-order valence-corrected chi connectivity index (χ4v) is 3.69. The summed E-state index contributed by atoms with van der Waals surface area (Å²) >= 11 is 1.73. The zero-order chi connectivity index (χ0) is 8.82. The number of carbonyl (C=O) groups is 1. The molecule has 0 spiro atoms. The number of esters is 1. The second-order valence-electron chi connectivity index (χ2n) is 3.84. The third-order valence-electron chi connectivity index (χ3n) is 3.17. The van der Waals surface area contributed by atoms with Crippen LogP contribution in [0.4, 0.5) is 0 Å². The van der Waals surface area contributed by atoms with E-state index in [9.17, 15) is 9.90 Å². The number of aliphatic hydroxyl groups is 1.